The Hall–Kier alpha value is -1.55. The Morgan fingerprint density at radius 1 is 1.05 bits per heavy atom. The van der Waals surface area contributed by atoms with Crippen LogP contribution in [-0.2, 0) is 5.41 Å². The lowest BCUT2D eigenvalue weighted by atomic mass is 9.87. The van der Waals surface area contributed by atoms with E-state index in [2.05, 4.69) is 68.9 Å². The molecule has 0 atom stereocenters. The van der Waals surface area contributed by atoms with E-state index in [1.807, 2.05) is 0 Å². The molecule has 0 radical (unpaired) electrons. The molecule has 4 heteroatoms. The molecule has 0 saturated carbocycles. The molecule has 0 aliphatic rings. The van der Waals surface area contributed by atoms with Crippen LogP contribution in [0.4, 0.5) is 5.82 Å². The summed E-state index contributed by atoms with van der Waals surface area (Å²) in [6, 6.07) is 8.66. The summed E-state index contributed by atoms with van der Waals surface area (Å²) in [5.74, 6) is 0.886. The number of anilines is 1. The van der Waals surface area contributed by atoms with E-state index < -0.39 is 0 Å². The van der Waals surface area contributed by atoms with Crippen LogP contribution in [0.15, 0.2) is 40.5 Å². The van der Waals surface area contributed by atoms with E-state index in [-0.39, 0.29) is 5.41 Å². The SMILES string of the molecule is CC(C)c1c(N)ncnc1Sc1ccc(C(C)(C)C)cc1. The van der Waals surface area contributed by atoms with Crippen molar-refractivity contribution in [3.8, 4) is 0 Å². The molecule has 0 aliphatic carbocycles. The Bertz CT molecular complexity index is 613. The molecule has 0 saturated heterocycles. The first-order valence-corrected chi connectivity index (χ1v) is 7.99. The molecule has 0 bridgehead atoms. The van der Waals surface area contributed by atoms with Gasteiger partial charge in [-0.25, -0.2) is 9.97 Å². The molecule has 1 heterocycles. The van der Waals surface area contributed by atoms with Crippen molar-refractivity contribution in [2.45, 2.75) is 55.9 Å². The van der Waals surface area contributed by atoms with Crippen LogP contribution >= 0.6 is 11.8 Å². The third kappa shape index (κ3) is 3.76. The fourth-order valence-electron chi connectivity index (χ4n) is 2.15. The van der Waals surface area contributed by atoms with Gasteiger partial charge >= 0.3 is 0 Å². The lowest BCUT2D eigenvalue weighted by Gasteiger charge is -2.19. The minimum Gasteiger partial charge on any atom is -0.383 e. The Morgan fingerprint density at radius 3 is 2.19 bits per heavy atom. The van der Waals surface area contributed by atoms with Crippen LogP contribution in [0.5, 0.6) is 0 Å². The van der Waals surface area contributed by atoms with E-state index in [4.69, 9.17) is 5.73 Å². The summed E-state index contributed by atoms with van der Waals surface area (Å²) in [7, 11) is 0. The van der Waals surface area contributed by atoms with Gasteiger partial charge in [0.05, 0.1) is 0 Å². The standard InChI is InChI=1S/C17H23N3S/c1-11(2)14-15(18)19-10-20-16(14)21-13-8-6-12(7-9-13)17(3,4)5/h6-11H,1-5H3,(H2,18,19,20). The number of aromatic nitrogens is 2. The summed E-state index contributed by atoms with van der Waals surface area (Å²) in [6.45, 7) is 10.9. The van der Waals surface area contributed by atoms with Gasteiger partial charge in [-0.15, -0.1) is 0 Å². The number of benzene rings is 1. The molecular weight excluding hydrogens is 278 g/mol. The highest BCUT2D eigenvalue weighted by molar-refractivity contribution is 7.99. The summed E-state index contributed by atoms with van der Waals surface area (Å²) >= 11 is 1.64. The van der Waals surface area contributed by atoms with E-state index in [0.717, 1.165) is 10.6 Å². The van der Waals surface area contributed by atoms with Crippen LogP contribution in [0.1, 0.15) is 51.7 Å². The van der Waals surface area contributed by atoms with E-state index in [1.165, 1.54) is 16.8 Å². The number of rotatable bonds is 3. The van der Waals surface area contributed by atoms with Gasteiger partial charge in [0.15, 0.2) is 0 Å². The summed E-state index contributed by atoms with van der Waals surface area (Å²) in [4.78, 5) is 9.67. The van der Waals surface area contributed by atoms with Gasteiger partial charge in [-0.2, -0.15) is 0 Å². The highest BCUT2D eigenvalue weighted by atomic mass is 32.2. The predicted molar refractivity (Wildman–Crippen MR) is 89.8 cm³/mol. The van der Waals surface area contributed by atoms with E-state index in [0.29, 0.717) is 11.7 Å². The van der Waals surface area contributed by atoms with Gasteiger partial charge in [-0.3, -0.25) is 0 Å². The Morgan fingerprint density at radius 2 is 1.67 bits per heavy atom. The van der Waals surface area contributed by atoms with Crippen LogP contribution in [0, 0.1) is 0 Å². The zero-order valence-corrected chi connectivity index (χ0v) is 14.2. The topological polar surface area (TPSA) is 51.8 Å². The van der Waals surface area contributed by atoms with Crippen molar-refractivity contribution in [2.24, 2.45) is 0 Å². The molecule has 2 rings (SSSR count). The first-order valence-electron chi connectivity index (χ1n) is 7.18. The van der Waals surface area contributed by atoms with Gasteiger partial charge in [-0.1, -0.05) is 58.5 Å². The average Bonchev–Trinajstić information content (AvgIpc) is 2.38. The minimum absolute atomic E-state index is 0.172. The second kappa shape index (κ2) is 6.06. The van der Waals surface area contributed by atoms with Crippen molar-refractivity contribution in [3.63, 3.8) is 0 Å². The third-order valence-electron chi connectivity index (χ3n) is 3.39. The molecule has 2 N–H and O–H groups in total. The molecule has 0 amide bonds. The molecule has 112 valence electrons. The number of nitrogens with zero attached hydrogens (tertiary/aromatic N) is 2. The summed E-state index contributed by atoms with van der Waals surface area (Å²) in [6.07, 6.45) is 1.53. The predicted octanol–water partition coefficient (Wildman–Crippen LogP) is 4.63. The average molecular weight is 301 g/mol. The maximum atomic E-state index is 5.99. The summed E-state index contributed by atoms with van der Waals surface area (Å²) in [5.41, 5.74) is 8.53. The van der Waals surface area contributed by atoms with Gasteiger partial charge in [0.25, 0.3) is 0 Å². The maximum Gasteiger partial charge on any atom is 0.131 e. The molecular formula is C17H23N3S. The molecule has 3 nitrogen and oxygen atoms in total. The van der Waals surface area contributed by atoms with Crippen molar-refractivity contribution in [2.75, 3.05) is 5.73 Å². The molecule has 0 unspecified atom stereocenters. The van der Waals surface area contributed by atoms with Gasteiger partial charge in [0.2, 0.25) is 0 Å². The second-order valence-electron chi connectivity index (χ2n) is 6.51. The normalized spacial score (nSPS) is 11.9. The molecule has 2 aromatic rings. The van der Waals surface area contributed by atoms with Crippen LogP contribution < -0.4 is 5.73 Å². The van der Waals surface area contributed by atoms with Gasteiger partial charge < -0.3 is 5.73 Å². The fraction of sp³-hybridized carbons (Fsp3) is 0.412. The van der Waals surface area contributed by atoms with Crippen LogP contribution in [0.3, 0.4) is 0 Å². The number of nitrogens with two attached hydrogens (primary N) is 1. The highest BCUT2D eigenvalue weighted by Gasteiger charge is 2.16. The Balaban J connectivity index is 2.29. The molecule has 0 spiro atoms. The number of hydrogen-bond acceptors (Lipinski definition) is 4. The fourth-order valence-corrected chi connectivity index (χ4v) is 3.20. The lowest BCUT2D eigenvalue weighted by molar-refractivity contribution is 0.590. The highest BCUT2D eigenvalue weighted by Crippen LogP contribution is 2.35. The van der Waals surface area contributed by atoms with Crippen molar-refractivity contribution < 1.29 is 0 Å². The summed E-state index contributed by atoms with van der Waals surface area (Å²) < 4.78 is 0. The molecule has 0 aliphatic heterocycles. The molecule has 0 fully saturated rings. The van der Waals surface area contributed by atoms with Crippen molar-refractivity contribution in [1.29, 1.82) is 0 Å². The second-order valence-corrected chi connectivity index (χ2v) is 7.57. The Labute approximate surface area is 131 Å². The molecule has 1 aromatic carbocycles. The van der Waals surface area contributed by atoms with Crippen molar-refractivity contribution in [1.82, 2.24) is 9.97 Å². The summed E-state index contributed by atoms with van der Waals surface area (Å²) in [5, 5.41) is 0.945. The van der Waals surface area contributed by atoms with Gasteiger partial charge in [0, 0.05) is 10.5 Å². The first-order chi connectivity index (χ1) is 9.79. The first kappa shape index (κ1) is 15.8. The zero-order chi connectivity index (χ0) is 15.6. The maximum absolute atomic E-state index is 5.99. The van der Waals surface area contributed by atoms with E-state index in [1.54, 1.807) is 11.8 Å². The van der Waals surface area contributed by atoms with Crippen molar-refractivity contribution >= 4 is 17.6 Å². The quantitative estimate of drug-likeness (QED) is 0.840. The minimum atomic E-state index is 0.172. The zero-order valence-electron chi connectivity index (χ0n) is 13.3. The third-order valence-corrected chi connectivity index (χ3v) is 4.42. The van der Waals surface area contributed by atoms with Crippen LogP contribution in [0.25, 0.3) is 0 Å². The monoisotopic (exact) mass is 301 g/mol. The van der Waals surface area contributed by atoms with Gasteiger partial charge in [0.1, 0.15) is 17.2 Å². The Kier molecular flexibility index (Phi) is 4.57. The molecule has 1 aromatic heterocycles. The van der Waals surface area contributed by atoms with E-state index >= 15 is 0 Å². The smallest absolute Gasteiger partial charge is 0.131 e. The van der Waals surface area contributed by atoms with Crippen molar-refractivity contribution in [3.05, 3.63) is 41.7 Å². The van der Waals surface area contributed by atoms with Gasteiger partial charge in [-0.05, 0) is 29.0 Å². The van der Waals surface area contributed by atoms with E-state index in [9.17, 15) is 0 Å². The molecule has 21 heavy (non-hydrogen) atoms. The lowest BCUT2D eigenvalue weighted by Crippen LogP contribution is -2.10. The largest absolute Gasteiger partial charge is 0.383 e. The number of nitrogen functional groups attached to an aromatic ring is 1. The number of hydrogen-bond donors (Lipinski definition) is 1. The van der Waals surface area contributed by atoms with Crippen LogP contribution in [-0.4, -0.2) is 9.97 Å². The van der Waals surface area contributed by atoms with Crippen LogP contribution in [0.2, 0.25) is 0 Å².